The van der Waals surface area contributed by atoms with Crippen molar-refractivity contribution in [3.63, 3.8) is 0 Å². The quantitative estimate of drug-likeness (QED) is 0.837. The second-order valence-corrected chi connectivity index (χ2v) is 9.45. The number of carbonyl (C=O) groups excluding carboxylic acids is 1. The Labute approximate surface area is 145 Å². The van der Waals surface area contributed by atoms with E-state index >= 15 is 0 Å². The van der Waals surface area contributed by atoms with Gasteiger partial charge in [0.2, 0.25) is 5.91 Å². The second-order valence-electron chi connectivity index (χ2n) is 6.31. The van der Waals surface area contributed by atoms with E-state index in [1.165, 1.54) is 0 Å². The van der Waals surface area contributed by atoms with Crippen molar-refractivity contribution in [2.75, 3.05) is 24.6 Å². The number of benzene rings is 1. The largest absolute Gasteiger partial charge is 0.351 e. The smallest absolute Gasteiger partial charge is 0.242 e. The Morgan fingerprint density at radius 2 is 1.87 bits per heavy atom. The molecule has 2 aliphatic rings. The van der Waals surface area contributed by atoms with Crippen LogP contribution in [0.1, 0.15) is 30.9 Å². The van der Waals surface area contributed by atoms with Crippen molar-refractivity contribution in [1.82, 2.24) is 10.2 Å². The molecule has 2 heterocycles. The third-order valence-corrected chi connectivity index (χ3v) is 6.82. The van der Waals surface area contributed by atoms with Crippen LogP contribution in [0.4, 0.5) is 0 Å². The summed E-state index contributed by atoms with van der Waals surface area (Å²) in [6.45, 7) is 1.80. The summed E-state index contributed by atoms with van der Waals surface area (Å²) in [7, 11) is -2.99. The lowest BCUT2D eigenvalue weighted by atomic mass is 10.0. The van der Waals surface area contributed by atoms with E-state index in [9.17, 15) is 13.2 Å². The van der Waals surface area contributed by atoms with Gasteiger partial charge in [-0.25, -0.2) is 8.42 Å². The summed E-state index contributed by atoms with van der Waals surface area (Å²) < 4.78 is 24.2. The van der Waals surface area contributed by atoms with Gasteiger partial charge in [-0.05, 0) is 50.0 Å². The standard InChI is InChI=1S/C16H21BrN2O3S/c17-13-5-3-12(4-6-13)15(19-8-1-2-9-19)16(20)18-14-7-10-23(21,22)11-14/h3-6,14-15H,1-2,7-11H2,(H,18,20). The molecule has 0 radical (unpaired) electrons. The molecule has 2 unspecified atom stereocenters. The van der Waals surface area contributed by atoms with Gasteiger partial charge in [-0.1, -0.05) is 28.1 Å². The van der Waals surface area contributed by atoms with Gasteiger partial charge in [-0.2, -0.15) is 0 Å². The molecule has 3 rings (SSSR count). The lowest BCUT2D eigenvalue weighted by Gasteiger charge is -2.28. The Morgan fingerprint density at radius 1 is 1.22 bits per heavy atom. The molecule has 2 atom stereocenters. The Hall–Kier alpha value is -0.920. The summed E-state index contributed by atoms with van der Waals surface area (Å²) in [5, 5.41) is 2.95. The molecule has 7 heteroatoms. The first-order valence-electron chi connectivity index (χ1n) is 7.95. The molecule has 1 aromatic carbocycles. The van der Waals surface area contributed by atoms with Gasteiger partial charge in [-0.3, -0.25) is 9.69 Å². The molecular formula is C16H21BrN2O3S. The van der Waals surface area contributed by atoms with E-state index in [2.05, 4.69) is 26.1 Å². The van der Waals surface area contributed by atoms with Crippen molar-refractivity contribution in [3.8, 4) is 0 Å². The highest BCUT2D eigenvalue weighted by atomic mass is 79.9. The maximum absolute atomic E-state index is 12.8. The molecule has 1 amide bonds. The molecule has 1 N–H and O–H groups in total. The SMILES string of the molecule is O=C(NC1CCS(=O)(=O)C1)C(c1ccc(Br)cc1)N1CCCC1. The molecule has 0 saturated carbocycles. The summed E-state index contributed by atoms with van der Waals surface area (Å²) in [5.41, 5.74) is 0.952. The van der Waals surface area contributed by atoms with Gasteiger partial charge in [-0.15, -0.1) is 0 Å². The van der Waals surface area contributed by atoms with Gasteiger partial charge in [0.15, 0.2) is 9.84 Å². The topological polar surface area (TPSA) is 66.5 Å². The number of likely N-dealkylation sites (tertiary alicyclic amines) is 1. The van der Waals surface area contributed by atoms with Crippen LogP contribution < -0.4 is 5.32 Å². The maximum Gasteiger partial charge on any atom is 0.242 e. The fourth-order valence-corrected chi connectivity index (χ4v) is 5.30. The monoisotopic (exact) mass is 400 g/mol. The highest BCUT2D eigenvalue weighted by Gasteiger charge is 2.34. The number of carbonyl (C=O) groups is 1. The van der Waals surface area contributed by atoms with Crippen LogP contribution in [0, 0.1) is 0 Å². The van der Waals surface area contributed by atoms with Crippen molar-refractivity contribution in [3.05, 3.63) is 34.3 Å². The van der Waals surface area contributed by atoms with Crippen LogP contribution in [0.5, 0.6) is 0 Å². The number of amides is 1. The van der Waals surface area contributed by atoms with E-state index in [4.69, 9.17) is 0 Å². The molecule has 0 aromatic heterocycles. The van der Waals surface area contributed by atoms with Crippen LogP contribution in [0.15, 0.2) is 28.7 Å². The molecule has 126 valence electrons. The summed E-state index contributed by atoms with van der Waals surface area (Å²) in [4.78, 5) is 15.0. The molecule has 0 bridgehead atoms. The number of halogens is 1. The Bertz CT molecular complexity index is 669. The van der Waals surface area contributed by atoms with Crippen molar-refractivity contribution < 1.29 is 13.2 Å². The molecule has 1 aromatic rings. The fraction of sp³-hybridized carbons (Fsp3) is 0.562. The molecule has 0 spiro atoms. The number of sulfone groups is 1. The third kappa shape index (κ3) is 4.14. The van der Waals surface area contributed by atoms with Crippen LogP contribution >= 0.6 is 15.9 Å². The van der Waals surface area contributed by atoms with Gasteiger partial charge in [0.25, 0.3) is 0 Å². The Kier molecular flexibility index (Phi) is 5.08. The van der Waals surface area contributed by atoms with Crippen molar-refractivity contribution in [2.45, 2.75) is 31.3 Å². The Morgan fingerprint density at radius 3 is 2.43 bits per heavy atom. The lowest BCUT2D eigenvalue weighted by molar-refractivity contribution is -0.126. The van der Waals surface area contributed by atoms with Crippen LogP contribution in [-0.4, -0.2) is 49.9 Å². The van der Waals surface area contributed by atoms with Crippen LogP contribution in [0.2, 0.25) is 0 Å². The number of hydrogen-bond acceptors (Lipinski definition) is 4. The highest BCUT2D eigenvalue weighted by Crippen LogP contribution is 2.27. The zero-order valence-electron chi connectivity index (χ0n) is 12.9. The fourth-order valence-electron chi connectivity index (χ4n) is 3.36. The summed E-state index contributed by atoms with van der Waals surface area (Å²) in [6.07, 6.45) is 2.71. The number of hydrogen-bond donors (Lipinski definition) is 1. The minimum atomic E-state index is -2.99. The van der Waals surface area contributed by atoms with Crippen molar-refractivity contribution in [2.24, 2.45) is 0 Å². The lowest BCUT2D eigenvalue weighted by Crippen LogP contribution is -2.44. The second kappa shape index (κ2) is 6.91. The van der Waals surface area contributed by atoms with Gasteiger partial charge in [0, 0.05) is 10.5 Å². The molecule has 2 saturated heterocycles. The first kappa shape index (κ1) is 16.9. The summed E-state index contributed by atoms with van der Waals surface area (Å²) in [5.74, 6) is 0.146. The van der Waals surface area contributed by atoms with E-state index in [1.54, 1.807) is 0 Å². The minimum absolute atomic E-state index is 0.0613. The van der Waals surface area contributed by atoms with Crippen molar-refractivity contribution >= 4 is 31.7 Å². The number of nitrogens with zero attached hydrogens (tertiary/aromatic N) is 1. The summed E-state index contributed by atoms with van der Waals surface area (Å²) >= 11 is 3.42. The number of nitrogens with one attached hydrogen (secondary N) is 1. The zero-order chi connectivity index (χ0) is 16.4. The van der Waals surface area contributed by atoms with E-state index in [1.807, 2.05) is 24.3 Å². The first-order valence-corrected chi connectivity index (χ1v) is 10.6. The molecule has 2 aliphatic heterocycles. The maximum atomic E-state index is 12.8. The highest BCUT2D eigenvalue weighted by molar-refractivity contribution is 9.10. The predicted octanol–water partition coefficient (Wildman–Crippen LogP) is 1.89. The van der Waals surface area contributed by atoms with Gasteiger partial charge >= 0.3 is 0 Å². The molecule has 0 aliphatic carbocycles. The average molecular weight is 401 g/mol. The minimum Gasteiger partial charge on any atom is -0.351 e. The van der Waals surface area contributed by atoms with Gasteiger partial charge < -0.3 is 5.32 Å². The van der Waals surface area contributed by atoms with E-state index in [0.29, 0.717) is 6.42 Å². The molecule has 5 nitrogen and oxygen atoms in total. The molecule has 2 fully saturated rings. The van der Waals surface area contributed by atoms with Crippen molar-refractivity contribution in [1.29, 1.82) is 0 Å². The average Bonchev–Trinajstić information content (AvgIpc) is 3.11. The van der Waals surface area contributed by atoms with E-state index < -0.39 is 9.84 Å². The predicted molar refractivity (Wildman–Crippen MR) is 92.9 cm³/mol. The van der Waals surface area contributed by atoms with Crippen LogP contribution in [0.3, 0.4) is 0 Å². The van der Waals surface area contributed by atoms with Gasteiger partial charge in [0.1, 0.15) is 6.04 Å². The normalized spacial score (nSPS) is 25.3. The Balaban J connectivity index is 1.77. The molecule has 23 heavy (non-hydrogen) atoms. The first-order chi connectivity index (χ1) is 10.9. The third-order valence-electron chi connectivity index (χ3n) is 4.52. The number of rotatable bonds is 4. The summed E-state index contributed by atoms with van der Waals surface area (Å²) in [6, 6.07) is 7.19. The van der Waals surface area contributed by atoms with Crippen LogP contribution in [-0.2, 0) is 14.6 Å². The van der Waals surface area contributed by atoms with E-state index in [-0.39, 0.29) is 29.5 Å². The zero-order valence-corrected chi connectivity index (χ0v) is 15.3. The van der Waals surface area contributed by atoms with E-state index in [0.717, 1.165) is 36.0 Å². The van der Waals surface area contributed by atoms with Gasteiger partial charge in [0.05, 0.1) is 11.5 Å². The van der Waals surface area contributed by atoms with Crippen LogP contribution in [0.25, 0.3) is 0 Å². The molecular weight excluding hydrogens is 380 g/mol.